The molecule has 0 amide bonds. The molecule has 0 bridgehead atoms. The van der Waals surface area contributed by atoms with Gasteiger partial charge in [0.2, 0.25) is 0 Å². The van der Waals surface area contributed by atoms with E-state index < -0.39 is 11.6 Å². The van der Waals surface area contributed by atoms with Crippen molar-refractivity contribution in [2.75, 3.05) is 0 Å². The smallest absolute Gasteiger partial charge is 0.159 e. The lowest BCUT2D eigenvalue weighted by molar-refractivity contribution is 0.277. The first-order chi connectivity index (χ1) is 11.1. The van der Waals surface area contributed by atoms with Crippen LogP contribution in [0.1, 0.15) is 24.2 Å². The van der Waals surface area contributed by atoms with Gasteiger partial charge in [-0.15, -0.1) is 5.10 Å². The highest BCUT2D eigenvalue weighted by molar-refractivity contribution is 5.62. The fourth-order valence-corrected chi connectivity index (χ4v) is 2.52. The van der Waals surface area contributed by atoms with E-state index in [0.29, 0.717) is 17.0 Å². The van der Waals surface area contributed by atoms with Crippen molar-refractivity contribution in [3.05, 3.63) is 71.4 Å². The summed E-state index contributed by atoms with van der Waals surface area (Å²) in [5.74, 6) is -1.87. The summed E-state index contributed by atoms with van der Waals surface area (Å²) in [4.78, 5) is 0. The van der Waals surface area contributed by atoms with E-state index in [1.807, 2.05) is 37.3 Å². The van der Waals surface area contributed by atoms with Crippen LogP contribution in [-0.4, -0.2) is 20.1 Å². The maximum absolute atomic E-state index is 13.6. The Morgan fingerprint density at radius 2 is 1.83 bits per heavy atom. The fourth-order valence-electron chi connectivity index (χ4n) is 2.52. The van der Waals surface area contributed by atoms with Gasteiger partial charge in [0.1, 0.15) is 5.69 Å². The van der Waals surface area contributed by atoms with Gasteiger partial charge in [0, 0.05) is 5.56 Å². The molecule has 1 heterocycles. The summed E-state index contributed by atoms with van der Waals surface area (Å²) in [5, 5.41) is 17.5. The number of aromatic nitrogens is 3. The van der Waals surface area contributed by atoms with Gasteiger partial charge < -0.3 is 5.11 Å². The Hall–Kier alpha value is -2.60. The SMILES string of the molecule is CC(c1ccccc1)n1nnc(CO)c1-c1ccc(F)c(F)c1. The standard InChI is InChI=1S/C17H15F2N3O/c1-11(12-5-3-2-4-6-12)22-17(16(10-23)20-21-22)13-7-8-14(18)15(19)9-13/h2-9,11,23H,10H2,1H3. The molecule has 0 radical (unpaired) electrons. The van der Waals surface area contributed by atoms with E-state index in [1.54, 1.807) is 4.68 Å². The first kappa shape index (κ1) is 15.3. The van der Waals surface area contributed by atoms with Crippen LogP contribution in [0.3, 0.4) is 0 Å². The summed E-state index contributed by atoms with van der Waals surface area (Å²) in [6.45, 7) is 1.59. The zero-order valence-corrected chi connectivity index (χ0v) is 12.4. The zero-order chi connectivity index (χ0) is 16.4. The van der Waals surface area contributed by atoms with E-state index >= 15 is 0 Å². The third-order valence-electron chi connectivity index (χ3n) is 3.76. The van der Waals surface area contributed by atoms with Gasteiger partial charge in [-0.05, 0) is 30.7 Å². The molecular formula is C17H15F2N3O. The molecule has 1 aromatic heterocycles. The Bertz CT molecular complexity index is 818. The third-order valence-corrected chi connectivity index (χ3v) is 3.76. The van der Waals surface area contributed by atoms with Crippen LogP contribution < -0.4 is 0 Å². The number of benzene rings is 2. The van der Waals surface area contributed by atoms with Crippen molar-refractivity contribution in [3.8, 4) is 11.3 Å². The molecule has 0 aliphatic rings. The summed E-state index contributed by atoms with van der Waals surface area (Å²) < 4.78 is 28.4. The summed E-state index contributed by atoms with van der Waals surface area (Å²) >= 11 is 0. The number of rotatable bonds is 4. The van der Waals surface area contributed by atoms with Crippen molar-refractivity contribution in [3.63, 3.8) is 0 Å². The Kier molecular flexibility index (Phi) is 4.16. The topological polar surface area (TPSA) is 50.9 Å². The molecule has 0 fully saturated rings. The highest BCUT2D eigenvalue weighted by Gasteiger charge is 2.20. The number of halogens is 2. The second-order valence-electron chi connectivity index (χ2n) is 5.20. The molecule has 2 aromatic carbocycles. The van der Waals surface area contributed by atoms with Gasteiger partial charge in [-0.3, -0.25) is 0 Å². The average Bonchev–Trinajstić information content (AvgIpc) is 3.01. The third kappa shape index (κ3) is 2.85. The van der Waals surface area contributed by atoms with E-state index in [0.717, 1.165) is 17.7 Å². The van der Waals surface area contributed by atoms with E-state index in [2.05, 4.69) is 10.3 Å². The number of aliphatic hydroxyl groups excluding tert-OH is 1. The second-order valence-corrected chi connectivity index (χ2v) is 5.20. The van der Waals surface area contributed by atoms with Crippen molar-refractivity contribution in [2.24, 2.45) is 0 Å². The summed E-state index contributed by atoms with van der Waals surface area (Å²) in [6.07, 6.45) is 0. The normalized spacial score (nSPS) is 12.3. The lowest BCUT2D eigenvalue weighted by Gasteiger charge is -2.16. The Balaban J connectivity index is 2.12. The molecule has 4 nitrogen and oxygen atoms in total. The number of hydrogen-bond acceptors (Lipinski definition) is 3. The summed E-state index contributed by atoms with van der Waals surface area (Å²) in [6, 6.07) is 13.0. The largest absolute Gasteiger partial charge is 0.390 e. The minimum absolute atomic E-state index is 0.174. The molecule has 0 aliphatic heterocycles. The molecule has 1 N–H and O–H groups in total. The van der Waals surface area contributed by atoms with Crippen LogP contribution in [0, 0.1) is 11.6 Å². The molecule has 6 heteroatoms. The lowest BCUT2D eigenvalue weighted by atomic mass is 10.1. The van der Waals surface area contributed by atoms with E-state index in [4.69, 9.17) is 0 Å². The van der Waals surface area contributed by atoms with Crippen LogP contribution in [0.25, 0.3) is 11.3 Å². The monoisotopic (exact) mass is 315 g/mol. The first-order valence-corrected chi connectivity index (χ1v) is 7.17. The van der Waals surface area contributed by atoms with Crippen LogP contribution in [0.5, 0.6) is 0 Å². The lowest BCUT2D eigenvalue weighted by Crippen LogP contribution is -2.10. The molecule has 1 unspecified atom stereocenters. The van der Waals surface area contributed by atoms with Gasteiger partial charge in [0.05, 0.1) is 18.3 Å². The highest BCUT2D eigenvalue weighted by atomic mass is 19.2. The van der Waals surface area contributed by atoms with Gasteiger partial charge in [-0.2, -0.15) is 0 Å². The summed E-state index contributed by atoms with van der Waals surface area (Å²) in [7, 11) is 0. The predicted octanol–water partition coefficient (Wildman–Crippen LogP) is 3.32. The number of hydrogen-bond donors (Lipinski definition) is 1. The molecule has 118 valence electrons. The summed E-state index contributed by atoms with van der Waals surface area (Å²) in [5.41, 5.74) is 2.20. The van der Waals surface area contributed by atoms with Crippen molar-refractivity contribution in [1.82, 2.24) is 15.0 Å². The van der Waals surface area contributed by atoms with Gasteiger partial charge in [-0.1, -0.05) is 35.5 Å². The van der Waals surface area contributed by atoms with Gasteiger partial charge in [-0.25, -0.2) is 13.5 Å². The Morgan fingerprint density at radius 1 is 1.09 bits per heavy atom. The van der Waals surface area contributed by atoms with Crippen molar-refractivity contribution < 1.29 is 13.9 Å². The highest BCUT2D eigenvalue weighted by Crippen LogP contribution is 2.29. The molecule has 3 aromatic rings. The quantitative estimate of drug-likeness (QED) is 0.803. The zero-order valence-electron chi connectivity index (χ0n) is 12.4. The second kappa shape index (κ2) is 6.26. The molecule has 0 saturated carbocycles. The maximum Gasteiger partial charge on any atom is 0.159 e. The van der Waals surface area contributed by atoms with E-state index in [9.17, 15) is 13.9 Å². The molecule has 0 saturated heterocycles. The van der Waals surface area contributed by atoms with Crippen molar-refractivity contribution in [2.45, 2.75) is 19.6 Å². The predicted molar refractivity (Wildman–Crippen MR) is 81.6 cm³/mol. The number of aliphatic hydroxyl groups is 1. The maximum atomic E-state index is 13.6. The van der Waals surface area contributed by atoms with Crippen LogP contribution >= 0.6 is 0 Å². The Labute approximate surface area is 132 Å². The minimum Gasteiger partial charge on any atom is -0.390 e. The van der Waals surface area contributed by atoms with E-state index in [-0.39, 0.29) is 12.6 Å². The fraction of sp³-hybridized carbons (Fsp3) is 0.176. The minimum atomic E-state index is -0.952. The van der Waals surface area contributed by atoms with E-state index in [1.165, 1.54) is 6.07 Å². The van der Waals surface area contributed by atoms with Crippen LogP contribution in [0.2, 0.25) is 0 Å². The molecule has 0 aliphatic carbocycles. The first-order valence-electron chi connectivity index (χ1n) is 7.17. The molecule has 1 atom stereocenters. The van der Waals surface area contributed by atoms with Crippen LogP contribution in [0.15, 0.2) is 48.5 Å². The van der Waals surface area contributed by atoms with Crippen LogP contribution in [0.4, 0.5) is 8.78 Å². The van der Waals surface area contributed by atoms with Crippen molar-refractivity contribution in [1.29, 1.82) is 0 Å². The van der Waals surface area contributed by atoms with Crippen LogP contribution in [-0.2, 0) is 6.61 Å². The molecule has 23 heavy (non-hydrogen) atoms. The average molecular weight is 315 g/mol. The molecule has 3 rings (SSSR count). The molecular weight excluding hydrogens is 300 g/mol. The Morgan fingerprint density at radius 3 is 2.48 bits per heavy atom. The van der Waals surface area contributed by atoms with Crippen molar-refractivity contribution >= 4 is 0 Å². The van der Waals surface area contributed by atoms with Gasteiger partial charge in [0.15, 0.2) is 11.6 Å². The van der Waals surface area contributed by atoms with Gasteiger partial charge >= 0.3 is 0 Å². The number of nitrogens with zero attached hydrogens (tertiary/aromatic N) is 3. The molecule has 0 spiro atoms. The van der Waals surface area contributed by atoms with Gasteiger partial charge in [0.25, 0.3) is 0 Å².